The number of aromatic nitrogens is 1. The first-order valence-electron chi connectivity index (χ1n) is 9.34. The summed E-state index contributed by atoms with van der Waals surface area (Å²) in [6, 6.07) is 15.2. The van der Waals surface area contributed by atoms with Crippen LogP contribution in [0.25, 0.3) is 17.0 Å². The van der Waals surface area contributed by atoms with Crippen molar-refractivity contribution < 1.29 is 9.90 Å². The molecule has 0 fully saturated rings. The molecule has 0 aliphatic carbocycles. The highest BCUT2D eigenvalue weighted by Gasteiger charge is 2.09. The third-order valence-electron chi connectivity index (χ3n) is 4.45. The van der Waals surface area contributed by atoms with Crippen molar-refractivity contribution in [2.75, 3.05) is 6.54 Å². The average molecular weight is 362 g/mol. The highest BCUT2D eigenvalue weighted by Crippen LogP contribution is 2.22. The molecule has 0 bridgehead atoms. The van der Waals surface area contributed by atoms with Gasteiger partial charge in [0.2, 0.25) is 5.91 Å². The summed E-state index contributed by atoms with van der Waals surface area (Å²) in [6.07, 6.45) is 6.27. The maximum absolute atomic E-state index is 12.0. The third-order valence-corrected chi connectivity index (χ3v) is 4.45. The van der Waals surface area contributed by atoms with Crippen molar-refractivity contribution in [2.24, 2.45) is 5.92 Å². The van der Waals surface area contributed by atoms with Gasteiger partial charge in [-0.15, -0.1) is 0 Å². The van der Waals surface area contributed by atoms with Crippen molar-refractivity contribution in [3.8, 4) is 5.75 Å². The van der Waals surface area contributed by atoms with Crippen LogP contribution in [0.3, 0.4) is 0 Å². The molecular weight excluding hydrogens is 336 g/mol. The Balaban J connectivity index is 1.60. The lowest BCUT2D eigenvalue weighted by Gasteiger charge is -2.07. The number of hydrogen-bond acceptors (Lipinski definition) is 2. The van der Waals surface area contributed by atoms with Gasteiger partial charge in [-0.05, 0) is 47.7 Å². The van der Waals surface area contributed by atoms with Gasteiger partial charge >= 0.3 is 0 Å². The molecule has 140 valence electrons. The van der Waals surface area contributed by atoms with Gasteiger partial charge in [0.25, 0.3) is 0 Å². The van der Waals surface area contributed by atoms with E-state index < -0.39 is 0 Å². The van der Waals surface area contributed by atoms with E-state index in [9.17, 15) is 9.90 Å². The molecule has 4 heteroatoms. The number of phenolic OH excluding ortho intramolecular Hbond substituents is 1. The molecule has 3 aromatic rings. The van der Waals surface area contributed by atoms with E-state index in [-0.39, 0.29) is 11.7 Å². The number of carbonyl (C=O) groups excluding carboxylic acids is 1. The summed E-state index contributed by atoms with van der Waals surface area (Å²) >= 11 is 0. The average Bonchev–Trinajstić information content (AvgIpc) is 2.98. The van der Waals surface area contributed by atoms with Crippen LogP contribution in [0.2, 0.25) is 0 Å². The van der Waals surface area contributed by atoms with Crippen LogP contribution in [-0.4, -0.2) is 22.1 Å². The lowest BCUT2D eigenvalue weighted by Crippen LogP contribution is -2.23. The predicted octanol–water partition coefficient (Wildman–Crippen LogP) is 4.38. The molecule has 0 aliphatic heterocycles. The molecule has 1 amide bonds. The zero-order chi connectivity index (χ0) is 19.2. The lowest BCUT2D eigenvalue weighted by atomic mass is 10.1. The van der Waals surface area contributed by atoms with Crippen molar-refractivity contribution in [3.05, 3.63) is 71.9 Å². The summed E-state index contributed by atoms with van der Waals surface area (Å²) in [4.78, 5) is 12.0. The van der Waals surface area contributed by atoms with Gasteiger partial charge in [0.1, 0.15) is 5.75 Å². The van der Waals surface area contributed by atoms with E-state index in [0.717, 1.165) is 18.5 Å². The Morgan fingerprint density at radius 3 is 2.63 bits per heavy atom. The van der Waals surface area contributed by atoms with E-state index in [0.29, 0.717) is 12.5 Å². The number of para-hydroxylation sites is 1. The Hall–Kier alpha value is -3.01. The van der Waals surface area contributed by atoms with Gasteiger partial charge in [-0.1, -0.05) is 44.2 Å². The molecule has 0 aliphatic rings. The number of phenols is 1. The van der Waals surface area contributed by atoms with Crippen LogP contribution in [0.4, 0.5) is 0 Å². The zero-order valence-electron chi connectivity index (χ0n) is 15.9. The Kier molecular flexibility index (Phi) is 5.97. The number of nitrogens with zero attached hydrogens (tertiary/aromatic N) is 1. The fraction of sp³-hybridized carbons (Fsp3) is 0.261. The third kappa shape index (κ3) is 5.00. The number of carbonyl (C=O) groups is 1. The van der Waals surface area contributed by atoms with Crippen LogP contribution in [0, 0.1) is 5.92 Å². The molecule has 0 radical (unpaired) electrons. The summed E-state index contributed by atoms with van der Waals surface area (Å²) in [6.45, 7) is 6.01. The number of fused-ring (bicyclic) bond motifs is 1. The second-order valence-electron chi connectivity index (χ2n) is 7.18. The van der Waals surface area contributed by atoms with Crippen LogP contribution in [0.1, 0.15) is 25.0 Å². The molecule has 3 rings (SSSR count). The Morgan fingerprint density at radius 1 is 1.15 bits per heavy atom. The quantitative estimate of drug-likeness (QED) is 0.613. The van der Waals surface area contributed by atoms with Crippen molar-refractivity contribution in [2.45, 2.75) is 26.8 Å². The Labute approximate surface area is 160 Å². The number of aromatic hydroxyl groups is 1. The molecular formula is C23H26N2O2. The van der Waals surface area contributed by atoms with Gasteiger partial charge in [-0.2, -0.15) is 0 Å². The highest BCUT2D eigenvalue weighted by atomic mass is 16.3. The molecule has 0 unspecified atom stereocenters. The van der Waals surface area contributed by atoms with E-state index in [1.54, 1.807) is 30.3 Å². The summed E-state index contributed by atoms with van der Waals surface area (Å²) in [5.41, 5.74) is 3.38. The van der Waals surface area contributed by atoms with E-state index >= 15 is 0 Å². The van der Waals surface area contributed by atoms with Crippen molar-refractivity contribution in [1.82, 2.24) is 9.88 Å². The van der Waals surface area contributed by atoms with Crippen LogP contribution >= 0.6 is 0 Å². The molecule has 0 atom stereocenters. The van der Waals surface area contributed by atoms with Crippen molar-refractivity contribution in [1.29, 1.82) is 0 Å². The van der Waals surface area contributed by atoms with Crippen LogP contribution < -0.4 is 5.32 Å². The molecule has 27 heavy (non-hydrogen) atoms. The van der Waals surface area contributed by atoms with Crippen molar-refractivity contribution in [3.63, 3.8) is 0 Å². The van der Waals surface area contributed by atoms with E-state index in [1.165, 1.54) is 22.5 Å². The first kappa shape index (κ1) is 18.8. The van der Waals surface area contributed by atoms with Crippen LogP contribution in [0.5, 0.6) is 5.75 Å². The van der Waals surface area contributed by atoms with E-state index in [2.05, 4.69) is 54.2 Å². The largest absolute Gasteiger partial charge is 0.508 e. The van der Waals surface area contributed by atoms with Crippen LogP contribution in [-0.2, 0) is 17.8 Å². The van der Waals surface area contributed by atoms with Gasteiger partial charge < -0.3 is 15.0 Å². The lowest BCUT2D eigenvalue weighted by molar-refractivity contribution is -0.116. The molecule has 0 saturated carbocycles. The number of nitrogens with one attached hydrogen (secondary N) is 1. The summed E-state index contributed by atoms with van der Waals surface area (Å²) in [7, 11) is 0. The van der Waals surface area contributed by atoms with Gasteiger partial charge in [-0.3, -0.25) is 4.79 Å². The molecule has 2 aromatic carbocycles. The van der Waals surface area contributed by atoms with Gasteiger partial charge in [-0.25, -0.2) is 0 Å². The minimum absolute atomic E-state index is 0.117. The standard InChI is InChI=1S/C23H26N2O2/c1-17(2)15-25-16-19(21-5-3-4-6-22(21)25)13-14-24-23(27)12-9-18-7-10-20(26)11-8-18/h3-12,16-17,26H,13-15H2,1-2H3,(H,24,27)/b12-9+. The minimum atomic E-state index is -0.117. The van der Waals surface area contributed by atoms with Crippen LogP contribution in [0.15, 0.2) is 60.8 Å². The number of amides is 1. The normalized spacial score (nSPS) is 11.5. The maximum atomic E-state index is 12.0. The number of rotatable bonds is 7. The first-order valence-corrected chi connectivity index (χ1v) is 9.34. The number of hydrogen-bond donors (Lipinski definition) is 2. The smallest absolute Gasteiger partial charge is 0.244 e. The van der Waals surface area contributed by atoms with Gasteiger partial charge in [0, 0.05) is 36.3 Å². The minimum Gasteiger partial charge on any atom is -0.508 e. The fourth-order valence-electron chi connectivity index (χ4n) is 3.20. The SMILES string of the molecule is CC(C)Cn1cc(CCNC(=O)/C=C/c2ccc(O)cc2)c2ccccc21. The first-order chi connectivity index (χ1) is 13.0. The molecule has 1 aromatic heterocycles. The maximum Gasteiger partial charge on any atom is 0.244 e. The second-order valence-corrected chi connectivity index (χ2v) is 7.18. The topological polar surface area (TPSA) is 54.3 Å². The summed E-state index contributed by atoms with van der Waals surface area (Å²) in [5.74, 6) is 0.681. The monoisotopic (exact) mass is 362 g/mol. The summed E-state index contributed by atoms with van der Waals surface area (Å²) < 4.78 is 2.31. The van der Waals surface area contributed by atoms with Crippen molar-refractivity contribution >= 4 is 22.9 Å². The second kappa shape index (κ2) is 8.58. The molecule has 4 nitrogen and oxygen atoms in total. The van der Waals surface area contributed by atoms with Gasteiger partial charge in [0.15, 0.2) is 0 Å². The van der Waals surface area contributed by atoms with E-state index in [4.69, 9.17) is 0 Å². The zero-order valence-corrected chi connectivity index (χ0v) is 15.9. The molecule has 1 heterocycles. The highest BCUT2D eigenvalue weighted by molar-refractivity contribution is 5.91. The Bertz CT molecular complexity index is 937. The number of benzene rings is 2. The fourth-order valence-corrected chi connectivity index (χ4v) is 3.20. The predicted molar refractivity (Wildman–Crippen MR) is 111 cm³/mol. The Morgan fingerprint density at radius 2 is 1.89 bits per heavy atom. The van der Waals surface area contributed by atoms with E-state index in [1.807, 2.05) is 0 Å². The molecule has 0 saturated heterocycles. The summed E-state index contributed by atoms with van der Waals surface area (Å²) in [5, 5.41) is 13.5. The molecule has 2 N–H and O–H groups in total. The molecule has 0 spiro atoms. The van der Waals surface area contributed by atoms with Gasteiger partial charge in [0.05, 0.1) is 0 Å².